The first kappa shape index (κ1) is 20.1. The van der Waals surface area contributed by atoms with Gasteiger partial charge in [0.05, 0.1) is 18.3 Å². The fraction of sp³-hybridized carbons (Fsp3) is 0.263. The van der Waals surface area contributed by atoms with Crippen LogP contribution in [-0.2, 0) is 16.1 Å². The Morgan fingerprint density at radius 1 is 1.43 bits per heavy atom. The lowest BCUT2D eigenvalue weighted by atomic mass is 10.2. The van der Waals surface area contributed by atoms with Gasteiger partial charge < -0.3 is 14.6 Å². The summed E-state index contributed by atoms with van der Waals surface area (Å²) in [5.41, 5.74) is 0.837. The molecule has 7 nitrogen and oxygen atoms in total. The zero-order chi connectivity index (χ0) is 19.9. The van der Waals surface area contributed by atoms with Crippen LogP contribution in [0.2, 0.25) is 0 Å². The first-order chi connectivity index (χ1) is 13.6. The van der Waals surface area contributed by atoms with Crippen molar-refractivity contribution >= 4 is 46.2 Å². The molecule has 1 aromatic heterocycles. The number of aromatic nitrogens is 2. The molecule has 1 aliphatic rings. The van der Waals surface area contributed by atoms with Crippen LogP contribution in [0.3, 0.4) is 0 Å². The molecule has 2 amide bonds. The normalized spacial score (nSPS) is 15.3. The number of carbonyl (C=O) groups is 2. The molecule has 146 valence electrons. The minimum absolute atomic E-state index is 0.0782. The summed E-state index contributed by atoms with van der Waals surface area (Å²) in [7, 11) is 1.59. The molecule has 2 heterocycles. The summed E-state index contributed by atoms with van der Waals surface area (Å²) in [6.45, 7) is 1.21. The molecule has 0 aliphatic carbocycles. The molecule has 2 aromatic rings. The average Bonchev–Trinajstić information content (AvgIpc) is 3.30. The summed E-state index contributed by atoms with van der Waals surface area (Å²) in [4.78, 5) is 30.6. The molecule has 0 atom stereocenters. The summed E-state index contributed by atoms with van der Waals surface area (Å²) >= 11 is 6.48. The van der Waals surface area contributed by atoms with E-state index in [1.165, 1.54) is 16.7 Å². The molecule has 1 aromatic carbocycles. The molecule has 0 bridgehead atoms. The van der Waals surface area contributed by atoms with Crippen LogP contribution in [0.4, 0.5) is 0 Å². The number of hydrogen-bond donors (Lipinski definition) is 1. The van der Waals surface area contributed by atoms with Gasteiger partial charge in [-0.3, -0.25) is 14.5 Å². The molecule has 0 saturated carbocycles. The SMILES string of the molecule is COc1cccc(C=C2SC(=S)N(CC(=O)NCCCn3ccnc3)C2=O)c1. The zero-order valence-electron chi connectivity index (χ0n) is 15.3. The van der Waals surface area contributed by atoms with E-state index in [1.54, 1.807) is 25.7 Å². The highest BCUT2D eigenvalue weighted by Crippen LogP contribution is 2.32. The number of thiocarbonyl (C=S) groups is 1. The van der Waals surface area contributed by atoms with Crippen molar-refractivity contribution in [3.8, 4) is 5.75 Å². The lowest BCUT2D eigenvalue weighted by molar-refractivity contribution is -0.128. The minimum Gasteiger partial charge on any atom is -0.497 e. The number of nitrogens with one attached hydrogen (secondary N) is 1. The van der Waals surface area contributed by atoms with E-state index >= 15 is 0 Å². The van der Waals surface area contributed by atoms with Gasteiger partial charge in [-0.15, -0.1) is 0 Å². The third kappa shape index (κ3) is 5.20. The highest BCUT2D eigenvalue weighted by atomic mass is 32.2. The van der Waals surface area contributed by atoms with E-state index in [0.29, 0.717) is 21.5 Å². The van der Waals surface area contributed by atoms with E-state index in [0.717, 1.165) is 18.5 Å². The second-order valence-corrected chi connectivity index (χ2v) is 7.72. The molecular formula is C19H20N4O3S2. The lowest BCUT2D eigenvalue weighted by Crippen LogP contribution is -2.39. The summed E-state index contributed by atoms with van der Waals surface area (Å²) < 4.78 is 7.52. The van der Waals surface area contributed by atoms with Crippen molar-refractivity contribution in [2.24, 2.45) is 0 Å². The number of nitrogens with zero attached hydrogens (tertiary/aromatic N) is 3. The highest BCUT2D eigenvalue weighted by molar-refractivity contribution is 8.26. The number of imidazole rings is 1. The minimum atomic E-state index is -0.258. The van der Waals surface area contributed by atoms with Crippen LogP contribution < -0.4 is 10.1 Å². The molecular weight excluding hydrogens is 396 g/mol. The van der Waals surface area contributed by atoms with E-state index < -0.39 is 0 Å². The van der Waals surface area contributed by atoms with E-state index in [-0.39, 0.29) is 18.4 Å². The number of benzene rings is 1. The summed E-state index contributed by atoms with van der Waals surface area (Å²) in [6, 6.07) is 7.39. The van der Waals surface area contributed by atoms with Crippen LogP contribution in [0.1, 0.15) is 12.0 Å². The Morgan fingerprint density at radius 2 is 2.29 bits per heavy atom. The van der Waals surface area contributed by atoms with Crippen molar-refractivity contribution in [3.05, 3.63) is 53.5 Å². The number of methoxy groups -OCH3 is 1. The predicted octanol–water partition coefficient (Wildman–Crippen LogP) is 2.30. The number of carbonyl (C=O) groups excluding carboxylic acids is 2. The van der Waals surface area contributed by atoms with Crippen molar-refractivity contribution in [2.45, 2.75) is 13.0 Å². The number of ether oxygens (including phenoxy) is 1. The van der Waals surface area contributed by atoms with Crippen LogP contribution in [0.25, 0.3) is 6.08 Å². The van der Waals surface area contributed by atoms with Gasteiger partial charge >= 0.3 is 0 Å². The van der Waals surface area contributed by atoms with Crippen LogP contribution >= 0.6 is 24.0 Å². The van der Waals surface area contributed by atoms with Gasteiger partial charge in [-0.25, -0.2) is 4.98 Å². The van der Waals surface area contributed by atoms with Crippen LogP contribution in [0.15, 0.2) is 47.9 Å². The van der Waals surface area contributed by atoms with Crippen molar-refractivity contribution in [1.29, 1.82) is 0 Å². The summed E-state index contributed by atoms with van der Waals surface area (Å²) in [6.07, 6.45) is 7.85. The van der Waals surface area contributed by atoms with Crippen molar-refractivity contribution < 1.29 is 14.3 Å². The summed E-state index contributed by atoms with van der Waals surface area (Å²) in [5, 5.41) is 2.82. The third-order valence-corrected chi connectivity index (χ3v) is 5.42. The first-order valence-corrected chi connectivity index (χ1v) is 9.91. The zero-order valence-corrected chi connectivity index (χ0v) is 17.0. The van der Waals surface area contributed by atoms with E-state index in [9.17, 15) is 9.59 Å². The van der Waals surface area contributed by atoms with Gasteiger partial charge in [-0.05, 0) is 30.2 Å². The number of amides is 2. The molecule has 1 saturated heterocycles. The fourth-order valence-corrected chi connectivity index (χ4v) is 3.88. The van der Waals surface area contributed by atoms with Crippen LogP contribution in [0.5, 0.6) is 5.75 Å². The van der Waals surface area contributed by atoms with Gasteiger partial charge in [0, 0.05) is 25.5 Å². The number of rotatable bonds is 8. The standard InChI is InChI=1S/C19H20N4O3S2/c1-26-15-5-2-4-14(10-15)11-16-18(25)23(19(27)28-16)12-17(24)21-6-3-8-22-9-7-20-13-22/h2,4-5,7,9-11,13H,3,6,8,12H2,1H3,(H,21,24). The molecule has 0 radical (unpaired) electrons. The van der Waals surface area contributed by atoms with Gasteiger partial charge in [-0.1, -0.05) is 36.1 Å². The Hall–Kier alpha value is -2.65. The topological polar surface area (TPSA) is 76.5 Å². The number of aryl methyl sites for hydroxylation is 1. The van der Waals surface area contributed by atoms with E-state index in [1.807, 2.05) is 35.0 Å². The van der Waals surface area contributed by atoms with Gasteiger partial charge in [-0.2, -0.15) is 0 Å². The number of hydrogen-bond acceptors (Lipinski definition) is 6. The van der Waals surface area contributed by atoms with Gasteiger partial charge in [0.15, 0.2) is 0 Å². The average molecular weight is 417 g/mol. The van der Waals surface area contributed by atoms with Crippen LogP contribution in [-0.4, -0.2) is 50.8 Å². The van der Waals surface area contributed by atoms with Gasteiger partial charge in [0.2, 0.25) is 5.91 Å². The molecule has 1 N–H and O–H groups in total. The van der Waals surface area contributed by atoms with Crippen molar-refractivity contribution in [1.82, 2.24) is 19.8 Å². The number of thioether (sulfide) groups is 1. The highest BCUT2D eigenvalue weighted by Gasteiger charge is 2.33. The van der Waals surface area contributed by atoms with E-state index in [2.05, 4.69) is 10.3 Å². The summed E-state index contributed by atoms with van der Waals surface area (Å²) in [5.74, 6) is 0.218. The Balaban J connectivity index is 1.52. The third-order valence-electron chi connectivity index (χ3n) is 4.04. The second-order valence-electron chi connectivity index (χ2n) is 6.05. The Morgan fingerprint density at radius 3 is 3.04 bits per heavy atom. The Kier molecular flexibility index (Phi) is 6.83. The Labute approximate surface area is 172 Å². The molecule has 3 rings (SSSR count). The molecule has 1 fully saturated rings. The maximum absolute atomic E-state index is 12.6. The predicted molar refractivity (Wildman–Crippen MR) is 113 cm³/mol. The largest absolute Gasteiger partial charge is 0.497 e. The van der Waals surface area contributed by atoms with E-state index in [4.69, 9.17) is 17.0 Å². The maximum Gasteiger partial charge on any atom is 0.266 e. The fourth-order valence-electron chi connectivity index (χ4n) is 2.63. The van der Waals surface area contributed by atoms with Crippen molar-refractivity contribution in [2.75, 3.05) is 20.2 Å². The van der Waals surface area contributed by atoms with Gasteiger partial charge in [0.25, 0.3) is 5.91 Å². The van der Waals surface area contributed by atoms with Crippen LogP contribution in [0, 0.1) is 0 Å². The molecule has 0 spiro atoms. The first-order valence-electron chi connectivity index (χ1n) is 8.68. The second kappa shape index (κ2) is 9.52. The molecule has 1 aliphatic heterocycles. The quantitative estimate of drug-likeness (QED) is 0.404. The van der Waals surface area contributed by atoms with Crippen molar-refractivity contribution in [3.63, 3.8) is 0 Å². The van der Waals surface area contributed by atoms with Gasteiger partial charge in [0.1, 0.15) is 16.6 Å². The molecule has 28 heavy (non-hydrogen) atoms. The Bertz CT molecular complexity index is 896. The smallest absolute Gasteiger partial charge is 0.266 e. The maximum atomic E-state index is 12.6. The lowest BCUT2D eigenvalue weighted by Gasteiger charge is -2.14. The monoisotopic (exact) mass is 416 g/mol. The molecule has 9 heteroatoms. The molecule has 0 unspecified atom stereocenters.